The van der Waals surface area contributed by atoms with Gasteiger partial charge >= 0.3 is 5.97 Å². The van der Waals surface area contributed by atoms with E-state index in [2.05, 4.69) is 41.2 Å². The standard InChI is InChI=1S/C21H27N3O2/c1-15-18(11-22-23(15)2)12-24-13-19-10-17(16-6-4-3-5-7-16)8-9-21(19,14-24)20(25)26/h3-7,11,17,19H,8-10,12-14H2,1-2H3,(H,25,26)/t17-,19-,21-/m0/s1. The first-order valence-corrected chi connectivity index (χ1v) is 9.48. The van der Waals surface area contributed by atoms with Crippen LogP contribution in [0.15, 0.2) is 36.5 Å². The van der Waals surface area contributed by atoms with E-state index in [0.717, 1.165) is 38.0 Å². The maximum absolute atomic E-state index is 12.2. The quantitative estimate of drug-likeness (QED) is 0.917. The smallest absolute Gasteiger partial charge is 0.311 e. The molecule has 26 heavy (non-hydrogen) atoms. The Morgan fingerprint density at radius 3 is 2.77 bits per heavy atom. The number of hydrogen-bond donors (Lipinski definition) is 1. The van der Waals surface area contributed by atoms with Crippen molar-refractivity contribution in [1.29, 1.82) is 0 Å². The highest BCUT2D eigenvalue weighted by Crippen LogP contribution is 2.51. The summed E-state index contributed by atoms with van der Waals surface area (Å²) in [5.41, 5.74) is 3.13. The highest BCUT2D eigenvalue weighted by atomic mass is 16.4. The van der Waals surface area contributed by atoms with Crippen LogP contribution >= 0.6 is 0 Å². The van der Waals surface area contributed by atoms with E-state index >= 15 is 0 Å². The molecule has 1 N–H and O–H groups in total. The summed E-state index contributed by atoms with van der Waals surface area (Å²) in [7, 11) is 1.95. The number of benzene rings is 1. The maximum atomic E-state index is 12.2. The van der Waals surface area contributed by atoms with Gasteiger partial charge in [-0.25, -0.2) is 0 Å². The molecule has 1 saturated heterocycles. The van der Waals surface area contributed by atoms with E-state index in [1.54, 1.807) is 0 Å². The molecule has 1 aliphatic heterocycles. The fourth-order valence-corrected chi connectivity index (χ4v) is 4.99. The molecular formula is C21H27N3O2. The molecule has 0 bridgehead atoms. The molecule has 2 heterocycles. The molecule has 5 nitrogen and oxygen atoms in total. The average molecular weight is 353 g/mol. The van der Waals surface area contributed by atoms with Gasteiger partial charge in [0.05, 0.1) is 11.6 Å². The zero-order valence-corrected chi connectivity index (χ0v) is 15.6. The van der Waals surface area contributed by atoms with Crippen molar-refractivity contribution in [1.82, 2.24) is 14.7 Å². The van der Waals surface area contributed by atoms with Crippen molar-refractivity contribution in [3.05, 3.63) is 53.3 Å². The Hall–Kier alpha value is -2.14. The first-order chi connectivity index (χ1) is 12.5. The van der Waals surface area contributed by atoms with E-state index < -0.39 is 11.4 Å². The number of fused-ring (bicyclic) bond motifs is 1. The third-order valence-electron chi connectivity index (χ3n) is 6.70. The molecule has 138 valence electrons. The molecule has 5 heteroatoms. The zero-order valence-electron chi connectivity index (χ0n) is 15.6. The number of carbonyl (C=O) groups is 1. The van der Waals surface area contributed by atoms with Crippen LogP contribution in [-0.2, 0) is 18.4 Å². The second-order valence-corrected chi connectivity index (χ2v) is 8.09. The van der Waals surface area contributed by atoms with Crippen molar-refractivity contribution in [2.75, 3.05) is 13.1 Å². The summed E-state index contributed by atoms with van der Waals surface area (Å²) < 4.78 is 1.89. The number of aryl methyl sites for hydroxylation is 1. The summed E-state index contributed by atoms with van der Waals surface area (Å²) in [6.07, 6.45) is 4.62. The van der Waals surface area contributed by atoms with Gasteiger partial charge in [0, 0.05) is 37.9 Å². The first-order valence-electron chi connectivity index (χ1n) is 9.48. The van der Waals surface area contributed by atoms with E-state index in [4.69, 9.17) is 0 Å². The fraction of sp³-hybridized carbons (Fsp3) is 0.524. The van der Waals surface area contributed by atoms with E-state index in [0.29, 0.717) is 12.5 Å². The average Bonchev–Trinajstić information content (AvgIpc) is 3.17. The molecule has 0 unspecified atom stereocenters. The third kappa shape index (κ3) is 2.84. The molecular weight excluding hydrogens is 326 g/mol. The summed E-state index contributed by atoms with van der Waals surface area (Å²) in [4.78, 5) is 14.6. The number of carboxylic acids is 1. The van der Waals surface area contributed by atoms with Gasteiger partial charge in [0.15, 0.2) is 0 Å². The Kier molecular flexibility index (Phi) is 4.35. The number of nitrogens with zero attached hydrogens (tertiary/aromatic N) is 3. The Labute approximate surface area is 154 Å². The van der Waals surface area contributed by atoms with Gasteiger partial charge in [-0.05, 0) is 43.6 Å². The second kappa shape index (κ2) is 6.54. The molecule has 2 aromatic rings. The van der Waals surface area contributed by atoms with E-state index in [1.165, 1.54) is 11.1 Å². The zero-order chi connectivity index (χ0) is 18.3. The molecule has 0 spiro atoms. The van der Waals surface area contributed by atoms with Gasteiger partial charge in [-0.15, -0.1) is 0 Å². The minimum Gasteiger partial charge on any atom is -0.481 e. The van der Waals surface area contributed by atoms with Crippen molar-refractivity contribution < 1.29 is 9.90 Å². The third-order valence-corrected chi connectivity index (χ3v) is 6.70. The summed E-state index contributed by atoms with van der Waals surface area (Å²) in [6.45, 7) is 4.39. The van der Waals surface area contributed by atoms with Gasteiger partial charge in [0.1, 0.15) is 0 Å². The minimum atomic E-state index is -0.612. The van der Waals surface area contributed by atoms with Gasteiger partial charge < -0.3 is 5.11 Å². The lowest BCUT2D eigenvalue weighted by molar-refractivity contribution is -0.152. The number of aliphatic carboxylic acids is 1. The number of aromatic nitrogens is 2. The first kappa shape index (κ1) is 17.3. The van der Waals surface area contributed by atoms with Crippen LogP contribution in [0.3, 0.4) is 0 Å². The lowest BCUT2D eigenvalue weighted by Gasteiger charge is -2.38. The lowest BCUT2D eigenvalue weighted by Crippen LogP contribution is -2.42. The van der Waals surface area contributed by atoms with Crippen LogP contribution in [0.5, 0.6) is 0 Å². The Morgan fingerprint density at radius 2 is 2.12 bits per heavy atom. The summed E-state index contributed by atoms with van der Waals surface area (Å²) in [5.74, 6) is 0.0871. The van der Waals surface area contributed by atoms with Crippen LogP contribution in [0.1, 0.15) is 42.0 Å². The van der Waals surface area contributed by atoms with E-state index in [9.17, 15) is 9.90 Å². The number of carboxylic acid groups (broad SMARTS) is 1. The van der Waals surface area contributed by atoms with Gasteiger partial charge in [0.25, 0.3) is 0 Å². The summed E-state index contributed by atoms with van der Waals surface area (Å²) in [5, 5.41) is 14.4. The number of hydrogen-bond acceptors (Lipinski definition) is 3. The fourth-order valence-electron chi connectivity index (χ4n) is 4.99. The molecule has 0 amide bonds. The van der Waals surface area contributed by atoms with Crippen LogP contribution < -0.4 is 0 Å². The van der Waals surface area contributed by atoms with Crippen molar-refractivity contribution in [3.8, 4) is 0 Å². The maximum Gasteiger partial charge on any atom is 0.311 e. The largest absolute Gasteiger partial charge is 0.481 e. The number of likely N-dealkylation sites (tertiary alicyclic amines) is 1. The molecule has 0 radical (unpaired) electrons. The second-order valence-electron chi connectivity index (χ2n) is 8.09. The monoisotopic (exact) mass is 353 g/mol. The van der Waals surface area contributed by atoms with Gasteiger partial charge in [-0.3, -0.25) is 14.4 Å². The van der Waals surface area contributed by atoms with E-state index in [-0.39, 0.29) is 5.92 Å². The summed E-state index contributed by atoms with van der Waals surface area (Å²) >= 11 is 0. The molecule has 2 aliphatic rings. The highest BCUT2D eigenvalue weighted by Gasteiger charge is 2.54. The normalized spacial score (nSPS) is 28.8. The Morgan fingerprint density at radius 1 is 1.35 bits per heavy atom. The van der Waals surface area contributed by atoms with Crippen molar-refractivity contribution in [2.24, 2.45) is 18.4 Å². The Bertz CT molecular complexity index is 801. The molecule has 1 aliphatic carbocycles. The molecule has 1 aromatic carbocycles. The molecule has 4 rings (SSSR count). The highest BCUT2D eigenvalue weighted by molar-refractivity contribution is 5.76. The van der Waals surface area contributed by atoms with Gasteiger partial charge in [-0.2, -0.15) is 5.10 Å². The van der Waals surface area contributed by atoms with Gasteiger partial charge in [0.2, 0.25) is 0 Å². The van der Waals surface area contributed by atoms with E-state index in [1.807, 2.05) is 24.0 Å². The molecule has 1 saturated carbocycles. The topological polar surface area (TPSA) is 58.4 Å². The van der Waals surface area contributed by atoms with Crippen LogP contribution in [0.2, 0.25) is 0 Å². The SMILES string of the molecule is Cc1c(CN2C[C@@H]3C[C@@H](c4ccccc4)CC[C@]3(C(=O)O)C2)cnn1C. The van der Waals surface area contributed by atoms with Crippen LogP contribution in [0.4, 0.5) is 0 Å². The predicted octanol–water partition coefficient (Wildman–Crippen LogP) is 3.20. The number of rotatable bonds is 4. The van der Waals surface area contributed by atoms with Crippen LogP contribution in [0, 0.1) is 18.3 Å². The predicted molar refractivity (Wildman–Crippen MR) is 99.8 cm³/mol. The molecule has 3 atom stereocenters. The van der Waals surface area contributed by atoms with Gasteiger partial charge in [-0.1, -0.05) is 30.3 Å². The molecule has 1 aromatic heterocycles. The van der Waals surface area contributed by atoms with Crippen molar-refractivity contribution in [2.45, 2.75) is 38.6 Å². The van der Waals surface area contributed by atoms with Crippen LogP contribution in [0.25, 0.3) is 0 Å². The Balaban J connectivity index is 1.54. The van der Waals surface area contributed by atoms with Crippen molar-refractivity contribution in [3.63, 3.8) is 0 Å². The lowest BCUT2D eigenvalue weighted by atomic mass is 9.64. The minimum absolute atomic E-state index is 0.218. The van der Waals surface area contributed by atoms with Crippen molar-refractivity contribution >= 4 is 5.97 Å². The van der Waals surface area contributed by atoms with Crippen LogP contribution in [-0.4, -0.2) is 38.8 Å². The molecule has 2 fully saturated rings. The summed E-state index contributed by atoms with van der Waals surface area (Å²) in [6, 6.07) is 10.6.